The maximum atomic E-state index is 13.4. The number of nitrogens with one attached hydrogen (secondary N) is 1. The molecule has 1 aliphatic rings. The van der Waals surface area contributed by atoms with Crippen LogP contribution in [0.3, 0.4) is 0 Å². The third kappa shape index (κ3) is 4.75. The van der Waals surface area contributed by atoms with Crippen LogP contribution >= 0.6 is 11.6 Å². The van der Waals surface area contributed by atoms with Crippen LogP contribution in [0.5, 0.6) is 5.75 Å². The van der Waals surface area contributed by atoms with Crippen LogP contribution in [0.4, 0.5) is 10.1 Å². The number of hydrogen-bond acceptors (Lipinski definition) is 3. The van der Waals surface area contributed by atoms with Crippen molar-refractivity contribution in [3.05, 3.63) is 94.3 Å². The first-order chi connectivity index (χ1) is 15.4. The fourth-order valence-corrected chi connectivity index (χ4v) is 3.85. The predicted molar refractivity (Wildman–Crippen MR) is 121 cm³/mol. The van der Waals surface area contributed by atoms with Crippen LogP contribution < -0.4 is 10.1 Å². The number of carbonyl (C=O) groups excluding carboxylic acids is 2. The Morgan fingerprint density at radius 1 is 1.16 bits per heavy atom. The highest BCUT2D eigenvalue weighted by Crippen LogP contribution is 2.31. The molecule has 0 unspecified atom stereocenters. The predicted octanol–water partition coefficient (Wildman–Crippen LogP) is 5.43. The van der Waals surface area contributed by atoms with Crippen LogP contribution in [0, 0.1) is 5.82 Å². The minimum Gasteiger partial charge on any atom is -0.480 e. The van der Waals surface area contributed by atoms with Crippen molar-refractivity contribution in [2.75, 3.05) is 5.32 Å². The van der Waals surface area contributed by atoms with E-state index in [1.807, 2.05) is 13.0 Å². The van der Waals surface area contributed by atoms with Gasteiger partial charge in [0.25, 0.3) is 11.8 Å². The van der Waals surface area contributed by atoms with Gasteiger partial charge >= 0.3 is 0 Å². The van der Waals surface area contributed by atoms with Crippen LogP contribution in [0.15, 0.2) is 66.7 Å². The van der Waals surface area contributed by atoms with Gasteiger partial charge in [0.15, 0.2) is 6.10 Å². The second-order valence-corrected chi connectivity index (χ2v) is 7.99. The molecule has 0 aliphatic carbocycles. The van der Waals surface area contributed by atoms with E-state index >= 15 is 0 Å². The molecule has 1 atom stereocenters. The number of nitrogens with zero attached hydrogens (tertiary/aromatic N) is 1. The molecular weight excluding hydrogens is 431 g/mol. The molecule has 2 amide bonds. The van der Waals surface area contributed by atoms with E-state index in [9.17, 15) is 14.0 Å². The van der Waals surface area contributed by atoms with Gasteiger partial charge in [0.1, 0.15) is 11.6 Å². The average molecular weight is 453 g/mol. The Hall–Kier alpha value is -3.38. The average Bonchev–Trinajstić information content (AvgIpc) is 2.92. The molecule has 1 N–H and O–H groups in total. The number of amides is 2. The fourth-order valence-electron chi connectivity index (χ4n) is 3.63. The molecule has 0 bridgehead atoms. The number of rotatable bonds is 5. The van der Waals surface area contributed by atoms with Crippen LogP contribution in [0.2, 0.25) is 5.02 Å². The quantitative estimate of drug-likeness (QED) is 0.561. The molecule has 0 saturated carbocycles. The molecule has 0 aromatic heterocycles. The van der Waals surface area contributed by atoms with Gasteiger partial charge in [-0.05, 0) is 54.4 Å². The van der Waals surface area contributed by atoms with Crippen LogP contribution in [-0.2, 0) is 17.9 Å². The number of anilines is 1. The zero-order valence-electron chi connectivity index (χ0n) is 17.5. The van der Waals surface area contributed by atoms with E-state index in [-0.39, 0.29) is 29.9 Å². The molecule has 0 saturated heterocycles. The molecule has 7 heteroatoms. The molecule has 3 aromatic rings. The summed E-state index contributed by atoms with van der Waals surface area (Å²) in [5.74, 6) is -0.230. The molecule has 164 valence electrons. The maximum absolute atomic E-state index is 13.4. The Kier molecular flexibility index (Phi) is 6.42. The van der Waals surface area contributed by atoms with Gasteiger partial charge < -0.3 is 15.0 Å². The number of hydrogen-bond donors (Lipinski definition) is 1. The highest BCUT2D eigenvalue weighted by Gasteiger charge is 2.30. The number of ether oxygens (including phenoxy) is 1. The largest absolute Gasteiger partial charge is 0.480 e. The highest BCUT2D eigenvalue weighted by atomic mass is 35.5. The van der Waals surface area contributed by atoms with E-state index in [1.54, 1.807) is 53.4 Å². The third-order valence-electron chi connectivity index (χ3n) is 5.32. The first-order valence-electron chi connectivity index (χ1n) is 10.3. The Bertz CT molecular complexity index is 1150. The normalized spacial score (nSPS) is 15.5. The lowest BCUT2D eigenvalue weighted by atomic mass is 10.1. The molecule has 5 nitrogen and oxygen atoms in total. The SMILES string of the molecule is CC[C@H]1Oc2ccc(NC(=O)c3ccccc3)cc2CN(Cc2ccc(F)cc2Cl)C1=O. The zero-order chi connectivity index (χ0) is 22.7. The lowest BCUT2D eigenvalue weighted by Crippen LogP contribution is -2.38. The smallest absolute Gasteiger partial charge is 0.264 e. The Morgan fingerprint density at radius 2 is 1.94 bits per heavy atom. The molecule has 0 spiro atoms. The van der Waals surface area contributed by atoms with Gasteiger partial charge in [0.05, 0.1) is 0 Å². The van der Waals surface area contributed by atoms with Gasteiger partial charge in [0.2, 0.25) is 0 Å². The molecule has 4 rings (SSSR count). The van der Waals surface area contributed by atoms with Crippen molar-refractivity contribution >= 4 is 29.1 Å². The zero-order valence-corrected chi connectivity index (χ0v) is 18.2. The molecular formula is C25H22ClFN2O3. The van der Waals surface area contributed by atoms with Gasteiger partial charge in [-0.15, -0.1) is 0 Å². The number of carbonyl (C=O) groups is 2. The van der Waals surface area contributed by atoms with Gasteiger partial charge in [0, 0.05) is 34.9 Å². The van der Waals surface area contributed by atoms with E-state index in [0.29, 0.717) is 29.0 Å². The summed E-state index contributed by atoms with van der Waals surface area (Å²) in [5.41, 5.74) is 2.56. The van der Waals surface area contributed by atoms with Gasteiger partial charge in [-0.3, -0.25) is 9.59 Å². The second-order valence-electron chi connectivity index (χ2n) is 7.59. The van der Waals surface area contributed by atoms with Gasteiger partial charge in [-0.25, -0.2) is 4.39 Å². The van der Waals surface area contributed by atoms with E-state index in [1.165, 1.54) is 12.1 Å². The standard InChI is InChI=1S/C25H22ClFN2O3/c1-2-22-25(31)29(14-17-8-9-19(27)13-21(17)26)15-18-12-20(10-11-23(18)32-22)28-24(30)16-6-4-3-5-7-16/h3-13,22H,2,14-15H2,1H3,(H,28,30)/t22-/m1/s1. The molecule has 0 radical (unpaired) electrons. The number of benzene rings is 3. The Labute approximate surface area is 190 Å². The first kappa shape index (κ1) is 21.8. The summed E-state index contributed by atoms with van der Waals surface area (Å²) in [6, 6.07) is 18.4. The lowest BCUT2D eigenvalue weighted by molar-refractivity contribution is -0.139. The summed E-state index contributed by atoms with van der Waals surface area (Å²) < 4.78 is 19.4. The summed E-state index contributed by atoms with van der Waals surface area (Å²) in [6.07, 6.45) is -0.140. The Morgan fingerprint density at radius 3 is 2.66 bits per heavy atom. The Balaban J connectivity index is 1.60. The van der Waals surface area contributed by atoms with Crippen molar-refractivity contribution in [3.63, 3.8) is 0 Å². The van der Waals surface area contributed by atoms with Crippen molar-refractivity contribution in [1.29, 1.82) is 0 Å². The van der Waals surface area contributed by atoms with Gasteiger partial charge in [-0.2, -0.15) is 0 Å². The molecule has 1 aliphatic heterocycles. The van der Waals surface area contributed by atoms with E-state index in [2.05, 4.69) is 5.32 Å². The summed E-state index contributed by atoms with van der Waals surface area (Å²) in [4.78, 5) is 27.2. The van der Waals surface area contributed by atoms with E-state index in [4.69, 9.17) is 16.3 Å². The maximum Gasteiger partial charge on any atom is 0.264 e. The topological polar surface area (TPSA) is 58.6 Å². The molecule has 0 fully saturated rings. The lowest BCUT2D eigenvalue weighted by Gasteiger charge is -2.23. The van der Waals surface area contributed by atoms with E-state index in [0.717, 1.165) is 5.56 Å². The first-order valence-corrected chi connectivity index (χ1v) is 10.7. The van der Waals surface area contributed by atoms with Crippen LogP contribution in [0.25, 0.3) is 0 Å². The molecule has 32 heavy (non-hydrogen) atoms. The molecule has 1 heterocycles. The minimum absolute atomic E-state index is 0.168. The summed E-state index contributed by atoms with van der Waals surface area (Å²) in [7, 11) is 0. The van der Waals surface area contributed by atoms with Crippen molar-refractivity contribution in [1.82, 2.24) is 4.90 Å². The van der Waals surface area contributed by atoms with Crippen LogP contribution in [0.1, 0.15) is 34.8 Å². The number of fused-ring (bicyclic) bond motifs is 1. The number of halogens is 2. The monoisotopic (exact) mass is 452 g/mol. The van der Waals surface area contributed by atoms with E-state index < -0.39 is 11.9 Å². The summed E-state index contributed by atoms with van der Waals surface area (Å²) in [5, 5.41) is 3.15. The van der Waals surface area contributed by atoms with Gasteiger partial charge in [-0.1, -0.05) is 42.8 Å². The highest BCUT2D eigenvalue weighted by molar-refractivity contribution is 6.31. The van der Waals surface area contributed by atoms with Crippen LogP contribution in [-0.4, -0.2) is 22.8 Å². The van der Waals surface area contributed by atoms with Crippen molar-refractivity contribution < 1.29 is 18.7 Å². The minimum atomic E-state index is -0.639. The molecule has 3 aromatic carbocycles. The van der Waals surface area contributed by atoms with Crippen molar-refractivity contribution in [3.8, 4) is 5.75 Å². The fraction of sp³-hybridized carbons (Fsp3) is 0.200. The third-order valence-corrected chi connectivity index (χ3v) is 5.67. The van der Waals surface area contributed by atoms with Crippen molar-refractivity contribution in [2.24, 2.45) is 0 Å². The van der Waals surface area contributed by atoms with Crippen molar-refractivity contribution in [2.45, 2.75) is 32.5 Å². The second kappa shape index (κ2) is 9.40. The summed E-state index contributed by atoms with van der Waals surface area (Å²) in [6.45, 7) is 2.37. The summed E-state index contributed by atoms with van der Waals surface area (Å²) >= 11 is 6.19.